The van der Waals surface area contributed by atoms with Gasteiger partial charge in [0.05, 0.1) is 20.1 Å². The summed E-state index contributed by atoms with van der Waals surface area (Å²) in [5.41, 5.74) is 1.06. The molecule has 120 valence electrons. The molecule has 0 saturated heterocycles. The fourth-order valence-corrected chi connectivity index (χ4v) is 2.55. The standard InChI is InChI=1S/C15H12BrClN2O4/c1-9-2-5-14(11(16)6-9)23-8-15(20)18-13-7-10(19(21)22)3-4-12(13)17/h2-7H,8H2,1H3,(H,18,20). The highest BCUT2D eigenvalue weighted by atomic mass is 79.9. The highest BCUT2D eigenvalue weighted by Crippen LogP contribution is 2.27. The van der Waals surface area contributed by atoms with Crippen LogP contribution in [-0.4, -0.2) is 17.4 Å². The topological polar surface area (TPSA) is 81.5 Å². The van der Waals surface area contributed by atoms with Gasteiger partial charge in [0, 0.05) is 12.1 Å². The predicted molar refractivity (Wildman–Crippen MR) is 91.1 cm³/mol. The Morgan fingerprint density at radius 3 is 2.74 bits per heavy atom. The Bertz CT molecular complexity index is 767. The number of non-ortho nitro benzene ring substituents is 1. The molecule has 1 N–H and O–H groups in total. The van der Waals surface area contributed by atoms with E-state index in [2.05, 4.69) is 21.2 Å². The summed E-state index contributed by atoms with van der Waals surface area (Å²) in [7, 11) is 0. The van der Waals surface area contributed by atoms with Crippen molar-refractivity contribution in [2.75, 3.05) is 11.9 Å². The first kappa shape index (κ1) is 17.2. The van der Waals surface area contributed by atoms with Gasteiger partial charge in [-0.3, -0.25) is 14.9 Å². The molecule has 2 aromatic rings. The van der Waals surface area contributed by atoms with Crippen LogP contribution in [0.25, 0.3) is 0 Å². The third kappa shape index (κ3) is 4.67. The van der Waals surface area contributed by atoms with Crippen LogP contribution in [-0.2, 0) is 4.79 Å². The number of hydrogen-bond donors (Lipinski definition) is 1. The van der Waals surface area contributed by atoms with Crippen LogP contribution in [0.2, 0.25) is 5.02 Å². The zero-order valence-electron chi connectivity index (χ0n) is 12.0. The summed E-state index contributed by atoms with van der Waals surface area (Å²) in [6, 6.07) is 9.28. The maximum absolute atomic E-state index is 11.9. The molecule has 0 spiro atoms. The number of aryl methyl sites for hydroxylation is 1. The smallest absolute Gasteiger partial charge is 0.271 e. The highest BCUT2D eigenvalue weighted by molar-refractivity contribution is 9.10. The molecule has 0 saturated carbocycles. The summed E-state index contributed by atoms with van der Waals surface area (Å²) >= 11 is 9.27. The Morgan fingerprint density at radius 1 is 1.35 bits per heavy atom. The number of nitrogens with zero attached hydrogens (tertiary/aromatic N) is 1. The molecule has 2 aromatic carbocycles. The van der Waals surface area contributed by atoms with E-state index in [9.17, 15) is 14.9 Å². The summed E-state index contributed by atoms with van der Waals surface area (Å²) in [6.45, 7) is 1.69. The van der Waals surface area contributed by atoms with E-state index in [1.54, 1.807) is 6.07 Å². The van der Waals surface area contributed by atoms with Crippen molar-refractivity contribution in [3.8, 4) is 5.75 Å². The van der Waals surface area contributed by atoms with Crippen molar-refractivity contribution in [2.24, 2.45) is 0 Å². The van der Waals surface area contributed by atoms with Crippen molar-refractivity contribution in [3.05, 3.63) is 61.6 Å². The minimum atomic E-state index is -0.564. The van der Waals surface area contributed by atoms with Crippen molar-refractivity contribution in [1.29, 1.82) is 0 Å². The second-order valence-electron chi connectivity index (χ2n) is 4.69. The van der Waals surface area contributed by atoms with Crippen LogP contribution in [0.5, 0.6) is 5.75 Å². The van der Waals surface area contributed by atoms with Crippen LogP contribution in [0.1, 0.15) is 5.56 Å². The molecule has 2 rings (SSSR count). The van der Waals surface area contributed by atoms with Crippen molar-refractivity contribution >= 4 is 44.8 Å². The fraction of sp³-hybridized carbons (Fsp3) is 0.133. The van der Waals surface area contributed by atoms with Crippen LogP contribution in [0.3, 0.4) is 0 Å². The van der Waals surface area contributed by atoms with E-state index in [1.807, 2.05) is 19.1 Å². The number of anilines is 1. The number of carbonyl (C=O) groups is 1. The van der Waals surface area contributed by atoms with E-state index in [4.69, 9.17) is 16.3 Å². The number of nitro groups is 1. The molecular weight excluding hydrogens is 388 g/mol. The molecule has 0 aromatic heterocycles. The quantitative estimate of drug-likeness (QED) is 0.599. The monoisotopic (exact) mass is 398 g/mol. The maximum Gasteiger partial charge on any atom is 0.271 e. The number of ether oxygens (including phenoxy) is 1. The van der Waals surface area contributed by atoms with Gasteiger partial charge in [0.1, 0.15) is 5.75 Å². The van der Waals surface area contributed by atoms with Crippen molar-refractivity contribution in [2.45, 2.75) is 6.92 Å². The molecule has 8 heteroatoms. The first-order chi connectivity index (χ1) is 10.9. The summed E-state index contributed by atoms with van der Waals surface area (Å²) < 4.78 is 6.14. The summed E-state index contributed by atoms with van der Waals surface area (Å²) in [5.74, 6) is 0.0516. The minimum Gasteiger partial charge on any atom is -0.483 e. The number of nitrogens with one attached hydrogen (secondary N) is 1. The van der Waals surface area contributed by atoms with E-state index < -0.39 is 10.8 Å². The van der Waals surface area contributed by atoms with Gasteiger partial charge < -0.3 is 10.1 Å². The van der Waals surface area contributed by atoms with Crippen LogP contribution >= 0.6 is 27.5 Å². The molecule has 1 amide bonds. The zero-order valence-corrected chi connectivity index (χ0v) is 14.3. The Labute approximate surface area is 145 Å². The molecule has 0 aliphatic carbocycles. The molecule has 0 aliphatic heterocycles. The third-order valence-corrected chi connectivity index (χ3v) is 3.83. The van der Waals surface area contributed by atoms with Gasteiger partial charge in [0.25, 0.3) is 11.6 Å². The molecular formula is C15H12BrClN2O4. The Kier molecular flexibility index (Phi) is 5.57. The van der Waals surface area contributed by atoms with E-state index in [0.29, 0.717) is 5.75 Å². The number of carbonyl (C=O) groups excluding carboxylic acids is 1. The molecule has 0 heterocycles. The molecule has 0 bridgehead atoms. The van der Waals surface area contributed by atoms with Gasteiger partial charge in [0.15, 0.2) is 6.61 Å². The average molecular weight is 400 g/mol. The van der Waals surface area contributed by atoms with Gasteiger partial charge >= 0.3 is 0 Å². The zero-order chi connectivity index (χ0) is 17.0. The average Bonchev–Trinajstić information content (AvgIpc) is 2.48. The lowest BCUT2D eigenvalue weighted by Gasteiger charge is -2.10. The van der Waals surface area contributed by atoms with E-state index in [0.717, 1.165) is 10.0 Å². The van der Waals surface area contributed by atoms with Crippen LogP contribution in [0.4, 0.5) is 11.4 Å². The van der Waals surface area contributed by atoms with Gasteiger partial charge in [-0.2, -0.15) is 0 Å². The first-order valence-corrected chi connectivity index (χ1v) is 7.66. The molecule has 0 radical (unpaired) electrons. The summed E-state index contributed by atoms with van der Waals surface area (Å²) in [5, 5.41) is 13.4. The lowest BCUT2D eigenvalue weighted by Crippen LogP contribution is -2.20. The molecule has 0 unspecified atom stereocenters. The van der Waals surface area contributed by atoms with E-state index >= 15 is 0 Å². The molecule has 0 aliphatic rings. The molecule has 0 atom stereocenters. The van der Waals surface area contributed by atoms with E-state index in [1.165, 1.54) is 18.2 Å². The van der Waals surface area contributed by atoms with Gasteiger partial charge in [-0.15, -0.1) is 0 Å². The fourth-order valence-electron chi connectivity index (χ4n) is 1.78. The van der Waals surface area contributed by atoms with Crippen LogP contribution in [0, 0.1) is 17.0 Å². The number of nitro benzene ring substituents is 1. The Hall–Kier alpha value is -2.12. The Balaban J connectivity index is 2.02. The number of benzene rings is 2. The Morgan fingerprint density at radius 2 is 2.09 bits per heavy atom. The van der Waals surface area contributed by atoms with E-state index in [-0.39, 0.29) is 23.0 Å². The minimum absolute atomic E-state index is 0.160. The van der Waals surface area contributed by atoms with Crippen LogP contribution in [0.15, 0.2) is 40.9 Å². The lowest BCUT2D eigenvalue weighted by atomic mass is 10.2. The van der Waals surface area contributed by atoms with Gasteiger partial charge in [0.2, 0.25) is 0 Å². The van der Waals surface area contributed by atoms with Crippen molar-refractivity contribution in [1.82, 2.24) is 0 Å². The normalized spacial score (nSPS) is 10.2. The second-order valence-corrected chi connectivity index (χ2v) is 5.95. The number of amides is 1. The molecule has 23 heavy (non-hydrogen) atoms. The van der Waals surface area contributed by atoms with Crippen LogP contribution < -0.4 is 10.1 Å². The summed E-state index contributed by atoms with van der Waals surface area (Å²) in [6.07, 6.45) is 0. The molecule has 0 fully saturated rings. The highest BCUT2D eigenvalue weighted by Gasteiger charge is 2.13. The SMILES string of the molecule is Cc1ccc(OCC(=O)Nc2cc([N+](=O)[O-])ccc2Cl)c(Br)c1. The second kappa shape index (κ2) is 7.43. The van der Waals surface area contributed by atoms with Gasteiger partial charge in [-0.25, -0.2) is 0 Å². The molecule has 6 nitrogen and oxygen atoms in total. The third-order valence-electron chi connectivity index (χ3n) is 2.88. The van der Waals surface area contributed by atoms with Crippen molar-refractivity contribution < 1.29 is 14.5 Å². The first-order valence-electron chi connectivity index (χ1n) is 6.49. The van der Waals surface area contributed by atoms with Gasteiger partial charge in [-0.1, -0.05) is 17.7 Å². The maximum atomic E-state index is 11.9. The number of hydrogen-bond acceptors (Lipinski definition) is 4. The number of rotatable bonds is 5. The number of halogens is 2. The predicted octanol–water partition coefficient (Wildman–Crippen LogP) is 4.34. The van der Waals surface area contributed by atoms with Crippen molar-refractivity contribution in [3.63, 3.8) is 0 Å². The van der Waals surface area contributed by atoms with Gasteiger partial charge in [-0.05, 0) is 46.6 Å². The largest absolute Gasteiger partial charge is 0.483 e. The summed E-state index contributed by atoms with van der Waals surface area (Å²) in [4.78, 5) is 22.1. The lowest BCUT2D eigenvalue weighted by molar-refractivity contribution is -0.384.